The summed E-state index contributed by atoms with van der Waals surface area (Å²) in [6, 6.07) is 9.14. The van der Waals surface area contributed by atoms with Crippen LogP contribution in [0.15, 0.2) is 24.3 Å². The van der Waals surface area contributed by atoms with Crippen molar-refractivity contribution in [3.8, 4) is 0 Å². The molecule has 1 saturated heterocycles. The topological polar surface area (TPSA) is 26.0 Å². The van der Waals surface area contributed by atoms with Crippen LogP contribution in [0.5, 0.6) is 0 Å². The Kier molecular flexibility index (Phi) is 4.97. The second-order valence-corrected chi connectivity index (χ2v) is 7.99. The van der Waals surface area contributed by atoms with Crippen molar-refractivity contribution >= 4 is 11.8 Å². The SMILES string of the molecule is CC(C)(C)c1ccc(C(N)CC2CCSCC2)cc1. The van der Waals surface area contributed by atoms with Crippen LogP contribution in [0.2, 0.25) is 0 Å². The fourth-order valence-electron chi connectivity index (χ4n) is 2.71. The summed E-state index contributed by atoms with van der Waals surface area (Å²) in [6.07, 6.45) is 3.84. The highest BCUT2D eigenvalue weighted by atomic mass is 32.2. The van der Waals surface area contributed by atoms with Crippen LogP contribution < -0.4 is 5.73 Å². The molecule has 1 heterocycles. The van der Waals surface area contributed by atoms with Gasteiger partial charge in [0.2, 0.25) is 0 Å². The summed E-state index contributed by atoms with van der Waals surface area (Å²) in [7, 11) is 0. The lowest BCUT2D eigenvalue weighted by molar-refractivity contribution is 0.413. The predicted molar refractivity (Wildman–Crippen MR) is 86.7 cm³/mol. The molecular weight excluding hydrogens is 250 g/mol. The molecule has 1 aliphatic rings. The molecule has 106 valence electrons. The molecule has 1 nitrogen and oxygen atoms in total. The summed E-state index contributed by atoms with van der Waals surface area (Å²) >= 11 is 2.09. The molecule has 0 aliphatic carbocycles. The van der Waals surface area contributed by atoms with Gasteiger partial charge in [0.05, 0.1) is 0 Å². The van der Waals surface area contributed by atoms with Crippen molar-refractivity contribution in [3.63, 3.8) is 0 Å². The zero-order valence-electron chi connectivity index (χ0n) is 12.5. The van der Waals surface area contributed by atoms with E-state index in [-0.39, 0.29) is 11.5 Å². The van der Waals surface area contributed by atoms with Gasteiger partial charge in [-0.05, 0) is 53.2 Å². The van der Waals surface area contributed by atoms with Gasteiger partial charge in [-0.1, -0.05) is 45.0 Å². The number of rotatable bonds is 3. The number of hydrogen-bond donors (Lipinski definition) is 1. The largest absolute Gasteiger partial charge is 0.324 e. The van der Waals surface area contributed by atoms with E-state index in [1.54, 1.807) is 0 Å². The van der Waals surface area contributed by atoms with Crippen molar-refractivity contribution in [1.29, 1.82) is 0 Å². The van der Waals surface area contributed by atoms with Crippen molar-refractivity contribution in [3.05, 3.63) is 35.4 Å². The van der Waals surface area contributed by atoms with Crippen LogP contribution in [-0.2, 0) is 5.41 Å². The highest BCUT2D eigenvalue weighted by Crippen LogP contribution is 2.30. The zero-order valence-corrected chi connectivity index (χ0v) is 13.3. The lowest BCUT2D eigenvalue weighted by Crippen LogP contribution is -2.19. The van der Waals surface area contributed by atoms with Gasteiger partial charge in [0.1, 0.15) is 0 Å². The summed E-state index contributed by atoms with van der Waals surface area (Å²) in [6.45, 7) is 6.75. The molecule has 1 aromatic carbocycles. The van der Waals surface area contributed by atoms with Crippen LogP contribution in [0.4, 0.5) is 0 Å². The molecule has 1 atom stereocenters. The first-order valence-corrected chi connectivity index (χ1v) is 8.56. The molecule has 0 radical (unpaired) electrons. The minimum Gasteiger partial charge on any atom is -0.324 e. The van der Waals surface area contributed by atoms with Crippen molar-refractivity contribution in [2.75, 3.05) is 11.5 Å². The first kappa shape index (κ1) is 14.9. The molecule has 2 heteroatoms. The van der Waals surface area contributed by atoms with Crippen LogP contribution in [-0.4, -0.2) is 11.5 Å². The molecule has 2 rings (SSSR count). The molecule has 0 aromatic heterocycles. The standard InChI is InChI=1S/C17H27NS/c1-17(2,3)15-6-4-14(5-7-15)16(18)12-13-8-10-19-11-9-13/h4-7,13,16H,8-12,18H2,1-3H3. The average molecular weight is 277 g/mol. The van der Waals surface area contributed by atoms with Crippen molar-refractivity contribution in [2.24, 2.45) is 11.7 Å². The molecule has 0 amide bonds. The third kappa shape index (κ3) is 4.25. The molecule has 1 fully saturated rings. The fourth-order valence-corrected chi connectivity index (χ4v) is 3.91. The molecule has 19 heavy (non-hydrogen) atoms. The van der Waals surface area contributed by atoms with Crippen LogP contribution >= 0.6 is 11.8 Å². The average Bonchev–Trinajstić information content (AvgIpc) is 2.39. The van der Waals surface area contributed by atoms with E-state index in [0.29, 0.717) is 0 Å². The molecule has 1 unspecified atom stereocenters. The zero-order chi connectivity index (χ0) is 13.9. The van der Waals surface area contributed by atoms with Crippen LogP contribution in [0, 0.1) is 5.92 Å². The Balaban J connectivity index is 1.97. The van der Waals surface area contributed by atoms with Gasteiger partial charge in [-0.25, -0.2) is 0 Å². The lowest BCUT2D eigenvalue weighted by Gasteiger charge is -2.25. The smallest absolute Gasteiger partial charge is 0.0297 e. The molecule has 0 saturated carbocycles. The Bertz CT molecular complexity index is 385. The van der Waals surface area contributed by atoms with Crippen molar-refractivity contribution < 1.29 is 0 Å². The van der Waals surface area contributed by atoms with Gasteiger partial charge >= 0.3 is 0 Å². The summed E-state index contributed by atoms with van der Waals surface area (Å²) in [4.78, 5) is 0. The monoisotopic (exact) mass is 277 g/mol. The second-order valence-electron chi connectivity index (χ2n) is 6.77. The van der Waals surface area contributed by atoms with E-state index in [4.69, 9.17) is 5.73 Å². The third-order valence-corrected chi connectivity index (χ3v) is 5.18. The Hall–Kier alpha value is -0.470. The second kappa shape index (κ2) is 6.32. The van der Waals surface area contributed by atoms with Gasteiger partial charge < -0.3 is 5.73 Å². The number of thioether (sulfide) groups is 1. The maximum atomic E-state index is 6.38. The first-order valence-electron chi connectivity index (χ1n) is 7.40. The van der Waals surface area contributed by atoms with Gasteiger partial charge in [-0.15, -0.1) is 0 Å². The Morgan fingerprint density at radius 1 is 1.16 bits per heavy atom. The summed E-state index contributed by atoms with van der Waals surface area (Å²) in [5.74, 6) is 3.47. The van der Waals surface area contributed by atoms with Gasteiger partial charge in [-0.2, -0.15) is 11.8 Å². The number of benzene rings is 1. The van der Waals surface area contributed by atoms with E-state index in [2.05, 4.69) is 56.8 Å². The maximum Gasteiger partial charge on any atom is 0.0297 e. The van der Waals surface area contributed by atoms with Crippen LogP contribution in [0.1, 0.15) is 57.2 Å². The summed E-state index contributed by atoms with van der Waals surface area (Å²) in [5, 5.41) is 0. The van der Waals surface area contributed by atoms with Gasteiger partial charge in [0, 0.05) is 6.04 Å². The molecule has 0 spiro atoms. The third-order valence-electron chi connectivity index (χ3n) is 4.13. The lowest BCUT2D eigenvalue weighted by atomic mass is 9.85. The predicted octanol–water partition coefficient (Wildman–Crippen LogP) is 4.52. The van der Waals surface area contributed by atoms with Gasteiger partial charge in [0.25, 0.3) is 0 Å². The number of hydrogen-bond acceptors (Lipinski definition) is 2. The highest BCUT2D eigenvalue weighted by molar-refractivity contribution is 7.99. The quantitative estimate of drug-likeness (QED) is 0.879. The van der Waals surface area contributed by atoms with Gasteiger partial charge in [-0.3, -0.25) is 0 Å². The molecule has 2 N–H and O–H groups in total. The van der Waals surface area contributed by atoms with E-state index in [9.17, 15) is 0 Å². The Labute approximate surface area is 122 Å². The first-order chi connectivity index (χ1) is 8.97. The van der Waals surface area contributed by atoms with Crippen molar-refractivity contribution in [2.45, 2.75) is 51.5 Å². The highest BCUT2D eigenvalue weighted by Gasteiger charge is 2.19. The van der Waals surface area contributed by atoms with Gasteiger partial charge in [0.15, 0.2) is 0 Å². The summed E-state index contributed by atoms with van der Waals surface area (Å²) in [5.41, 5.74) is 9.29. The molecule has 1 aromatic rings. The maximum absolute atomic E-state index is 6.38. The van der Waals surface area contributed by atoms with Crippen LogP contribution in [0.25, 0.3) is 0 Å². The minimum absolute atomic E-state index is 0.210. The minimum atomic E-state index is 0.210. The van der Waals surface area contributed by atoms with E-state index in [1.165, 1.54) is 35.5 Å². The molecule has 0 bridgehead atoms. The van der Waals surface area contributed by atoms with Crippen LogP contribution in [0.3, 0.4) is 0 Å². The molecule has 1 aliphatic heterocycles. The van der Waals surface area contributed by atoms with E-state index in [0.717, 1.165) is 12.3 Å². The number of nitrogens with two attached hydrogens (primary N) is 1. The van der Waals surface area contributed by atoms with E-state index < -0.39 is 0 Å². The normalized spacial score (nSPS) is 19.4. The van der Waals surface area contributed by atoms with Crippen molar-refractivity contribution in [1.82, 2.24) is 0 Å². The van der Waals surface area contributed by atoms with E-state index >= 15 is 0 Å². The van der Waals surface area contributed by atoms with E-state index in [1.807, 2.05) is 0 Å². The molecular formula is C17H27NS. The Morgan fingerprint density at radius 2 is 1.74 bits per heavy atom. The summed E-state index contributed by atoms with van der Waals surface area (Å²) < 4.78 is 0. The fraction of sp³-hybridized carbons (Fsp3) is 0.647. The Morgan fingerprint density at radius 3 is 2.26 bits per heavy atom.